The molecular weight excluding hydrogens is 566 g/mol. The highest BCUT2D eigenvalue weighted by Gasteiger charge is 2.61. The lowest BCUT2D eigenvalue weighted by molar-refractivity contribution is -0.0527. The summed E-state index contributed by atoms with van der Waals surface area (Å²) in [5, 5.41) is 0.205. The molecule has 0 fully saturated rings. The van der Waals surface area contributed by atoms with Crippen LogP contribution >= 0.6 is 0 Å². The Morgan fingerprint density at radius 2 is 0.838 bits per heavy atom. The normalized spacial score (nSPS) is 13.8. The summed E-state index contributed by atoms with van der Waals surface area (Å²) in [6, 6.07) is 18.8. The predicted molar refractivity (Wildman–Crippen MR) is 125 cm³/mol. The van der Waals surface area contributed by atoms with Gasteiger partial charge in [0.15, 0.2) is 0 Å². The molecule has 0 saturated heterocycles. The minimum Gasteiger partial charge on any atom is -0.267 e. The van der Waals surface area contributed by atoms with Gasteiger partial charge in [0, 0.05) is 10.4 Å². The first kappa shape index (κ1) is 27.1. The van der Waals surface area contributed by atoms with Gasteiger partial charge in [0.25, 0.3) is 0 Å². The van der Waals surface area contributed by atoms with Crippen molar-refractivity contribution < 1.29 is 50.9 Å². The maximum absolute atomic E-state index is 13.5. The first-order valence-corrected chi connectivity index (χ1v) is 14.7. The van der Waals surface area contributed by atoms with Gasteiger partial charge in [0.2, 0.25) is 0 Å². The molecule has 0 aliphatic rings. The molecule has 4 aromatic carbocycles. The van der Waals surface area contributed by atoms with E-state index in [0.29, 0.717) is 10.8 Å². The molecule has 15 heteroatoms. The number of rotatable bonds is 6. The van der Waals surface area contributed by atoms with Gasteiger partial charge in [0.05, 0.1) is 0 Å². The molecule has 0 aromatic heterocycles. The van der Waals surface area contributed by atoms with E-state index in [2.05, 4.69) is 7.74 Å². The molecule has 0 saturated carbocycles. The average molecular weight is 581 g/mol. The summed E-state index contributed by atoms with van der Waals surface area (Å²) in [7, 11) is -19.2. The molecule has 4 rings (SSSR count). The fourth-order valence-electron chi connectivity index (χ4n) is 3.56. The van der Waals surface area contributed by atoms with E-state index in [-0.39, 0.29) is 10.8 Å². The molecule has 0 aliphatic carbocycles. The van der Waals surface area contributed by atoms with Gasteiger partial charge in [-0.3, -0.25) is 7.74 Å². The molecule has 0 atom stereocenters. The predicted octanol–water partition coefficient (Wildman–Crippen LogP) is 4.28. The SMILES string of the molecule is O=S(=O)(O[Si](OS(=O)(=O)C(F)(F)F)(c1ccc2ccccc2c1)c1ccc2ccccc2c1)C(F)(F)F. The Kier molecular flexibility index (Phi) is 6.65. The van der Waals surface area contributed by atoms with Crippen LogP contribution < -0.4 is 10.4 Å². The lowest BCUT2D eigenvalue weighted by atomic mass is 10.1. The van der Waals surface area contributed by atoms with Crippen LogP contribution in [0.3, 0.4) is 0 Å². The van der Waals surface area contributed by atoms with E-state index in [1.54, 1.807) is 24.3 Å². The fraction of sp³-hybridized carbons (Fsp3) is 0.0909. The summed E-state index contributed by atoms with van der Waals surface area (Å²) in [6.45, 7) is 0. The average Bonchev–Trinajstić information content (AvgIpc) is 2.81. The Bertz CT molecular complexity index is 1580. The summed E-state index contributed by atoms with van der Waals surface area (Å²) in [5.41, 5.74) is -12.2. The van der Waals surface area contributed by atoms with Crippen molar-refractivity contribution in [2.45, 2.75) is 11.0 Å². The summed E-state index contributed by atoms with van der Waals surface area (Å²) in [5.74, 6) is 0. The van der Waals surface area contributed by atoms with Crippen LogP contribution in [0.5, 0.6) is 0 Å². The van der Waals surface area contributed by atoms with Gasteiger partial charge in [-0.2, -0.15) is 43.2 Å². The Labute approximate surface area is 207 Å². The maximum Gasteiger partial charge on any atom is 0.522 e. The van der Waals surface area contributed by atoms with E-state index in [4.69, 9.17) is 0 Å². The van der Waals surface area contributed by atoms with Crippen LogP contribution in [0.4, 0.5) is 26.3 Å². The number of halogens is 6. The Hall–Kier alpha value is -2.98. The van der Waals surface area contributed by atoms with E-state index in [0.717, 1.165) is 24.3 Å². The zero-order valence-electron chi connectivity index (χ0n) is 18.1. The molecule has 0 N–H and O–H groups in total. The Balaban J connectivity index is 2.12. The summed E-state index contributed by atoms with van der Waals surface area (Å²) < 4.78 is 138. The van der Waals surface area contributed by atoms with Crippen LogP contribution in [-0.4, -0.2) is 36.4 Å². The molecular formula is C22H14F6O6S2Si. The third-order valence-electron chi connectivity index (χ3n) is 5.28. The van der Waals surface area contributed by atoms with Crippen molar-refractivity contribution in [2.24, 2.45) is 0 Å². The van der Waals surface area contributed by atoms with Gasteiger partial charge in [-0.05, 0) is 21.5 Å². The van der Waals surface area contributed by atoms with Crippen LogP contribution in [0, 0.1) is 0 Å². The van der Waals surface area contributed by atoms with E-state index in [9.17, 15) is 43.2 Å². The van der Waals surface area contributed by atoms with Gasteiger partial charge in [0.1, 0.15) is 0 Å². The van der Waals surface area contributed by atoms with Crippen molar-refractivity contribution in [3.05, 3.63) is 84.9 Å². The summed E-state index contributed by atoms with van der Waals surface area (Å²) in [4.78, 5) is 0. The van der Waals surface area contributed by atoms with Crippen molar-refractivity contribution in [2.75, 3.05) is 0 Å². The number of hydrogen-bond donors (Lipinski definition) is 0. The Morgan fingerprint density at radius 1 is 0.514 bits per heavy atom. The first-order valence-electron chi connectivity index (χ1n) is 10.1. The first-order chi connectivity index (χ1) is 17.1. The minimum absolute atomic E-state index is 0.249. The third kappa shape index (κ3) is 5.09. The van der Waals surface area contributed by atoms with Gasteiger partial charge in [-0.1, -0.05) is 84.9 Å². The molecule has 0 bridgehead atoms. The molecule has 4 aromatic rings. The van der Waals surface area contributed by atoms with Crippen molar-refractivity contribution in [1.29, 1.82) is 0 Å². The largest absolute Gasteiger partial charge is 0.522 e. The summed E-state index contributed by atoms with van der Waals surface area (Å²) in [6.07, 6.45) is 0. The van der Waals surface area contributed by atoms with Gasteiger partial charge >= 0.3 is 39.8 Å². The highest BCUT2D eigenvalue weighted by molar-refractivity contribution is 7.90. The number of benzene rings is 4. The van der Waals surface area contributed by atoms with Gasteiger partial charge in [-0.15, -0.1) is 0 Å². The van der Waals surface area contributed by atoms with Crippen LogP contribution in [0.2, 0.25) is 0 Å². The third-order valence-corrected chi connectivity index (χ3v) is 12.2. The van der Waals surface area contributed by atoms with Crippen molar-refractivity contribution >= 4 is 60.7 Å². The van der Waals surface area contributed by atoms with E-state index in [1.165, 1.54) is 36.4 Å². The fourth-order valence-corrected chi connectivity index (χ4v) is 10.3. The molecule has 37 heavy (non-hydrogen) atoms. The van der Waals surface area contributed by atoms with Gasteiger partial charge < -0.3 is 0 Å². The smallest absolute Gasteiger partial charge is 0.267 e. The zero-order chi connectivity index (χ0) is 27.3. The highest BCUT2D eigenvalue weighted by Crippen LogP contribution is 2.33. The lowest BCUT2D eigenvalue weighted by Crippen LogP contribution is -2.66. The van der Waals surface area contributed by atoms with Gasteiger partial charge in [-0.25, -0.2) is 0 Å². The number of fused-ring (bicyclic) bond motifs is 2. The molecule has 196 valence electrons. The molecule has 0 spiro atoms. The molecule has 6 nitrogen and oxygen atoms in total. The van der Waals surface area contributed by atoms with Crippen molar-refractivity contribution in [1.82, 2.24) is 0 Å². The van der Waals surface area contributed by atoms with Crippen LogP contribution in [0.1, 0.15) is 0 Å². The molecule has 0 radical (unpaired) electrons. The summed E-state index contributed by atoms with van der Waals surface area (Å²) >= 11 is 0. The molecule has 0 aliphatic heterocycles. The van der Waals surface area contributed by atoms with Crippen LogP contribution in [-0.2, 0) is 28.0 Å². The number of alkyl halides is 6. The molecule has 0 heterocycles. The Morgan fingerprint density at radius 3 is 1.16 bits per heavy atom. The monoisotopic (exact) mass is 580 g/mol. The number of hydrogen-bond acceptors (Lipinski definition) is 6. The highest BCUT2D eigenvalue weighted by atomic mass is 32.2. The molecule has 0 unspecified atom stereocenters. The van der Waals surface area contributed by atoms with Crippen molar-refractivity contribution in [3.63, 3.8) is 0 Å². The second-order valence-electron chi connectivity index (χ2n) is 7.71. The quantitative estimate of drug-likeness (QED) is 0.192. The topological polar surface area (TPSA) is 86.7 Å². The van der Waals surface area contributed by atoms with E-state index < -0.39 is 50.2 Å². The second-order valence-corrected chi connectivity index (χ2v) is 14.2. The standard InChI is InChI=1S/C22H14F6O6S2Si/c23-21(24,25)35(29,30)33-37(34-36(31,32)22(26,27)28,19-11-9-15-5-1-3-7-17(15)13-19)20-12-10-16-6-2-4-8-18(16)14-20/h1-14H. The van der Waals surface area contributed by atoms with Crippen LogP contribution in [0.25, 0.3) is 21.5 Å². The maximum atomic E-state index is 13.5. The van der Waals surface area contributed by atoms with Crippen molar-refractivity contribution in [3.8, 4) is 0 Å². The minimum atomic E-state index is -6.67. The lowest BCUT2D eigenvalue weighted by Gasteiger charge is -2.30. The van der Waals surface area contributed by atoms with E-state index in [1.807, 2.05) is 0 Å². The zero-order valence-corrected chi connectivity index (χ0v) is 20.7. The molecule has 0 amide bonds. The van der Waals surface area contributed by atoms with E-state index >= 15 is 0 Å². The second kappa shape index (κ2) is 9.09. The van der Waals surface area contributed by atoms with Crippen LogP contribution in [0.15, 0.2) is 84.9 Å².